The molecule has 0 radical (unpaired) electrons. The van der Waals surface area contributed by atoms with Crippen molar-refractivity contribution in [2.45, 2.75) is 58.5 Å². The fraction of sp³-hybridized carbons (Fsp3) is 0.714. The predicted octanol–water partition coefficient (Wildman–Crippen LogP) is 2.00. The first-order chi connectivity index (χ1) is 9.08. The quantitative estimate of drug-likeness (QED) is 0.854. The lowest BCUT2D eigenvalue weighted by Gasteiger charge is -2.16. The maximum absolute atomic E-state index is 11.9. The molecule has 106 valence electrons. The Labute approximate surface area is 114 Å². The largest absolute Gasteiger partial charge is 0.361 e. The first-order valence-corrected chi connectivity index (χ1v) is 7.03. The molecule has 5 nitrogen and oxygen atoms in total. The van der Waals surface area contributed by atoms with Crippen LogP contribution in [0.2, 0.25) is 0 Å². The second-order valence-corrected chi connectivity index (χ2v) is 5.39. The SMILES string of the molecule is Cc1noc(C)c1C(C)NC(=O)CNC1CCCC1. The summed E-state index contributed by atoms with van der Waals surface area (Å²) in [5.74, 6) is 0.799. The van der Waals surface area contributed by atoms with Crippen LogP contribution in [-0.4, -0.2) is 23.7 Å². The van der Waals surface area contributed by atoms with E-state index in [1.54, 1.807) is 0 Å². The zero-order valence-corrected chi connectivity index (χ0v) is 12.0. The van der Waals surface area contributed by atoms with Crippen LogP contribution in [-0.2, 0) is 4.79 Å². The Hall–Kier alpha value is -1.36. The Bertz CT molecular complexity index is 416. The molecular weight excluding hydrogens is 242 g/mol. The summed E-state index contributed by atoms with van der Waals surface area (Å²) in [6.07, 6.45) is 4.92. The van der Waals surface area contributed by atoms with Gasteiger partial charge in [-0.05, 0) is 33.6 Å². The van der Waals surface area contributed by atoms with Crippen LogP contribution in [0.1, 0.15) is 55.7 Å². The Kier molecular flexibility index (Phi) is 4.58. The van der Waals surface area contributed by atoms with Crippen molar-refractivity contribution in [2.75, 3.05) is 6.54 Å². The van der Waals surface area contributed by atoms with Crippen LogP contribution in [0, 0.1) is 13.8 Å². The summed E-state index contributed by atoms with van der Waals surface area (Å²) in [5.41, 5.74) is 1.82. The third-order valence-corrected chi connectivity index (χ3v) is 3.81. The molecule has 1 aliphatic rings. The van der Waals surface area contributed by atoms with Gasteiger partial charge in [-0.3, -0.25) is 4.79 Å². The van der Waals surface area contributed by atoms with E-state index < -0.39 is 0 Å². The third-order valence-electron chi connectivity index (χ3n) is 3.81. The molecule has 1 aromatic rings. The number of amides is 1. The second-order valence-electron chi connectivity index (χ2n) is 5.39. The molecule has 1 fully saturated rings. The molecule has 0 aliphatic heterocycles. The average Bonchev–Trinajstić information content (AvgIpc) is 2.97. The van der Waals surface area contributed by atoms with Crippen LogP contribution in [0.5, 0.6) is 0 Å². The standard InChI is InChI=1S/C14H23N3O2/c1-9(14-10(2)17-19-11(14)3)16-13(18)8-15-12-6-4-5-7-12/h9,12,15H,4-8H2,1-3H3,(H,16,18). The molecule has 1 amide bonds. The van der Waals surface area contributed by atoms with Gasteiger partial charge >= 0.3 is 0 Å². The lowest BCUT2D eigenvalue weighted by Crippen LogP contribution is -2.39. The maximum atomic E-state index is 11.9. The second kappa shape index (κ2) is 6.19. The first-order valence-electron chi connectivity index (χ1n) is 7.03. The number of carbonyl (C=O) groups excluding carboxylic acids is 1. The van der Waals surface area contributed by atoms with Crippen molar-refractivity contribution in [3.05, 3.63) is 17.0 Å². The van der Waals surface area contributed by atoms with E-state index in [-0.39, 0.29) is 11.9 Å². The Morgan fingerprint density at radius 3 is 2.68 bits per heavy atom. The Morgan fingerprint density at radius 2 is 2.11 bits per heavy atom. The lowest BCUT2D eigenvalue weighted by molar-refractivity contribution is -0.121. The highest BCUT2D eigenvalue weighted by atomic mass is 16.5. The summed E-state index contributed by atoms with van der Waals surface area (Å²) < 4.78 is 5.12. The molecule has 0 saturated heterocycles. The highest BCUT2D eigenvalue weighted by Gasteiger charge is 2.19. The van der Waals surface area contributed by atoms with E-state index in [4.69, 9.17) is 4.52 Å². The number of carbonyl (C=O) groups is 1. The van der Waals surface area contributed by atoms with Gasteiger partial charge in [0, 0.05) is 11.6 Å². The fourth-order valence-electron chi connectivity index (χ4n) is 2.84. The number of aromatic nitrogens is 1. The van der Waals surface area contributed by atoms with Crippen LogP contribution >= 0.6 is 0 Å². The molecule has 1 saturated carbocycles. The molecule has 0 spiro atoms. The highest BCUT2D eigenvalue weighted by molar-refractivity contribution is 5.78. The number of aryl methyl sites for hydroxylation is 2. The fourth-order valence-corrected chi connectivity index (χ4v) is 2.84. The van der Waals surface area contributed by atoms with Gasteiger partial charge in [-0.25, -0.2) is 0 Å². The van der Waals surface area contributed by atoms with Gasteiger partial charge in [-0.2, -0.15) is 0 Å². The third kappa shape index (κ3) is 3.56. The van der Waals surface area contributed by atoms with Crippen LogP contribution < -0.4 is 10.6 Å². The van der Waals surface area contributed by atoms with Crippen molar-refractivity contribution in [2.24, 2.45) is 0 Å². The number of hydrogen-bond donors (Lipinski definition) is 2. The minimum Gasteiger partial charge on any atom is -0.361 e. The Morgan fingerprint density at radius 1 is 1.42 bits per heavy atom. The molecule has 1 aromatic heterocycles. The van der Waals surface area contributed by atoms with Crippen molar-refractivity contribution >= 4 is 5.91 Å². The normalized spacial score (nSPS) is 17.6. The molecule has 2 rings (SSSR count). The van der Waals surface area contributed by atoms with Crippen molar-refractivity contribution in [3.8, 4) is 0 Å². The van der Waals surface area contributed by atoms with Gasteiger partial charge in [0.2, 0.25) is 5.91 Å². The molecule has 0 aromatic carbocycles. The number of nitrogens with one attached hydrogen (secondary N) is 2. The predicted molar refractivity (Wildman–Crippen MR) is 72.8 cm³/mol. The van der Waals surface area contributed by atoms with Gasteiger partial charge in [0.1, 0.15) is 5.76 Å². The maximum Gasteiger partial charge on any atom is 0.234 e. The topological polar surface area (TPSA) is 67.2 Å². The van der Waals surface area contributed by atoms with E-state index in [0.29, 0.717) is 12.6 Å². The van der Waals surface area contributed by atoms with Crippen LogP contribution in [0.3, 0.4) is 0 Å². The molecule has 19 heavy (non-hydrogen) atoms. The molecule has 0 bridgehead atoms. The first kappa shape index (κ1) is 14.1. The lowest BCUT2D eigenvalue weighted by atomic mass is 10.1. The van der Waals surface area contributed by atoms with Crippen molar-refractivity contribution in [1.82, 2.24) is 15.8 Å². The summed E-state index contributed by atoms with van der Waals surface area (Å²) in [5, 5.41) is 10.2. The van der Waals surface area contributed by atoms with Crippen molar-refractivity contribution < 1.29 is 9.32 Å². The summed E-state index contributed by atoms with van der Waals surface area (Å²) in [7, 11) is 0. The molecule has 2 N–H and O–H groups in total. The molecule has 1 unspecified atom stereocenters. The molecular formula is C14H23N3O2. The molecule has 1 heterocycles. The van der Waals surface area contributed by atoms with Gasteiger partial charge in [-0.15, -0.1) is 0 Å². The van der Waals surface area contributed by atoms with Gasteiger partial charge in [-0.1, -0.05) is 18.0 Å². The van der Waals surface area contributed by atoms with E-state index in [1.807, 2.05) is 20.8 Å². The van der Waals surface area contributed by atoms with Gasteiger partial charge in [0.15, 0.2) is 0 Å². The number of rotatable bonds is 5. The molecule has 1 atom stereocenters. The zero-order chi connectivity index (χ0) is 13.8. The van der Waals surface area contributed by atoms with E-state index >= 15 is 0 Å². The smallest absolute Gasteiger partial charge is 0.234 e. The minimum atomic E-state index is -0.0656. The summed E-state index contributed by atoms with van der Waals surface area (Å²) in [4.78, 5) is 11.9. The van der Waals surface area contributed by atoms with E-state index in [9.17, 15) is 4.79 Å². The van der Waals surface area contributed by atoms with E-state index in [2.05, 4.69) is 15.8 Å². The van der Waals surface area contributed by atoms with Gasteiger partial charge in [0.05, 0.1) is 18.3 Å². The molecule has 5 heteroatoms. The summed E-state index contributed by atoms with van der Waals surface area (Å²) >= 11 is 0. The van der Waals surface area contributed by atoms with E-state index in [0.717, 1.165) is 17.0 Å². The number of nitrogens with zero attached hydrogens (tertiary/aromatic N) is 1. The summed E-state index contributed by atoms with van der Waals surface area (Å²) in [6, 6.07) is 0.448. The molecule has 1 aliphatic carbocycles. The number of hydrogen-bond acceptors (Lipinski definition) is 4. The van der Waals surface area contributed by atoms with Crippen LogP contribution in [0.15, 0.2) is 4.52 Å². The minimum absolute atomic E-state index is 0.0272. The van der Waals surface area contributed by atoms with Crippen LogP contribution in [0.4, 0.5) is 0 Å². The van der Waals surface area contributed by atoms with Crippen LogP contribution in [0.25, 0.3) is 0 Å². The Balaban J connectivity index is 1.81. The average molecular weight is 265 g/mol. The highest BCUT2D eigenvalue weighted by Crippen LogP contribution is 2.21. The zero-order valence-electron chi connectivity index (χ0n) is 12.0. The van der Waals surface area contributed by atoms with Crippen molar-refractivity contribution in [3.63, 3.8) is 0 Å². The van der Waals surface area contributed by atoms with Crippen molar-refractivity contribution in [1.29, 1.82) is 0 Å². The van der Waals surface area contributed by atoms with Gasteiger partial charge < -0.3 is 15.2 Å². The monoisotopic (exact) mass is 265 g/mol. The van der Waals surface area contributed by atoms with E-state index in [1.165, 1.54) is 25.7 Å². The van der Waals surface area contributed by atoms with Gasteiger partial charge in [0.25, 0.3) is 0 Å². The summed E-state index contributed by atoms with van der Waals surface area (Å²) in [6.45, 7) is 6.11.